The summed E-state index contributed by atoms with van der Waals surface area (Å²) < 4.78 is 6.02. The van der Waals surface area contributed by atoms with Gasteiger partial charge in [0.2, 0.25) is 0 Å². The quantitative estimate of drug-likeness (QED) is 0.911. The van der Waals surface area contributed by atoms with E-state index in [1.54, 1.807) is 6.92 Å². The third-order valence-electron chi connectivity index (χ3n) is 2.50. The highest BCUT2D eigenvalue weighted by atomic mass is 32.1. The van der Waals surface area contributed by atoms with Crippen molar-refractivity contribution in [2.24, 2.45) is 0 Å². The molecule has 1 aromatic carbocycles. The number of aryl methyl sites for hydroxylation is 1. The zero-order valence-corrected chi connectivity index (χ0v) is 10.8. The van der Waals surface area contributed by atoms with Gasteiger partial charge in [-0.15, -0.1) is 0 Å². The highest BCUT2D eigenvalue weighted by molar-refractivity contribution is 7.22. The number of methoxy groups -OCH3 is 1. The average Bonchev–Trinajstić information content (AvgIpc) is 2.69. The Balaban J connectivity index is 2.22. The number of benzene rings is 1. The predicted molar refractivity (Wildman–Crippen MR) is 69.5 cm³/mol. The van der Waals surface area contributed by atoms with E-state index >= 15 is 0 Å². The summed E-state index contributed by atoms with van der Waals surface area (Å²) in [4.78, 5) is 16.0. The van der Waals surface area contributed by atoms with Gasteiger partial charge in [-0.2, -0.15) is 0 Å². The van der Waals surface area contributed by atoms with Gasteiger partial charge in [0.1, 0.15) is 6.10 Å². The van der Waals surface area contributed by atoms with E-state index in [0.717, 1.165) is 10.2 Å². The molecule has 0 aliphatic heterocycles. The van der Waals surface area contributed by atoms with Crippen LogP contribution in [0.15, 0.2) is 18.2 Å². The summed E-state index contributed by atoms with van der Waals surface area (Å²) in [6.07, 6.45) is -0.469. The predicted octanol–water partition coefficient (Wildman–Crippen LogP) is 2.58. The number of aromatic nitrogens is 1. The van der Waals surface area contributed by atoms with Gasteiger partial charge in [0, 0.05) is 7.11 Å². The number of nitrogens with zero attached hydrogens (tertiary/aromatic N) is 1. The molecule has 1 amide bonds. The van der Waals surface area contributed by atoms with Gasteiger partial charge < -0.3 is 4.74 Å². The van der Waals surface area contributed by atoms with Crippen molar-refractivity contribution in [1.82, 2.24) is 4.98 Å². The minimum absolute atomic E-state index is 0.178. The second-order valence-electron chi connectivity index (χ2n) is 3.86. The van der Waals surface area contributed by atoms with Crippen molar-refractivity contribution in [3.8, 4) is 0 Å². The number of rotatable bonds is 3. The highest BCUT2D eigenvalue weighted by Crippen LogP contribution is 2.26. The van der Waals surface area contributed by atoms with Crippen LogP contribution in [0.25, 0.3) is 10.2 Å². The van der Waals surface area contributed by atoms with Gasteiger partial charge in [0.25, 0.3) is 5.91 Å². The number of anilines is 1. The Morgan fingerprint density at radius 2 is 2.29 bits per heavy atom. The van der Waals surface area contributed by atoms with Gasteiger partial charge >= 0.3 is 0 Å². The molecule has 1 unspecified atom stereocenters. The summed E-state index contributed by atoms with van der Waals surface area (Å²) in [5.41, 5.74) is 2.09. The van der Waals surface area contributed by atoms with Crippen LogP contribution < -0.4 is 5.32 Å². The Morgan fingerprint density at radius 1 is 1.53 bits per heavy atom. The lowest BCUT2D eigenvalue weighted by Crippen LogP contribution is -2.26. The Morgan fingerprint density at radius 3 is 3.00 bits per heavy atom. The Hall–Kier alpha value is -1.46. The number of hydrogen-bond acceptors (Lipinski definition) is 4. The van der Waals surface area contributed by atoms with E-state index in [0.29, 0.717) is 5.13 Å². The van der Waals surface area contributed by atoms with Gasteiger partial charge in [-0.3, -0.25) is 10.1 Å². The average molecular weight is 250 g/mol. The first-order valence-electron chi connectivity index (χ1n) is 5.31. The molecule has 17 heavy (non-hydrogen) atoms. The zero-order valence-electron chi connectivity index (χ0n) is 9.98. The van der Waals surface area contributed by atoms with Crippen LogP contribution >= 0.6 is 11.3 Å². The molecule has 5 heteroatoms. The number of ether oxygens (including phenoxy) is 1. The number of nitrogens with one attached hydrogen (secondary N) is 1. The number of thiazole rings is 1. The third-order valence-corrected chi connectivity index (χ3v) is 3.43. The lowest BCUT2D eigenvalue weighted by molar-refractivity contribution is -0.124. The number of fused-ring (bicyclic) bond motifs is 1. The minimum Gasteiger partial charge on any atom is -0.372 e. The van der Waals surface area contributed by atoms with Crippen molar-refractivity contribution < 1.29 is 9.53 Å². The zero-order chi connectivity index (χ0) is 12.4. The van der Waals surface area contributed by atoms with Gasteiger partial charge in [-0.25, -0.2) is 4.98 Å². The summed E-state index contributed by atoms with van der Waals surface area (Å²) in [6.45, 7) is 3.73. The summed E-state index contributed by atoms with van der Waals surface area (Å²) >= 11 is 1.47. The van der Waals surface area contributed by atoms with Crippen LogP contribution in [0.3, 0.4) is 0 Å². The molecule has 0 fully saturated rings. The maximum absolute atomic E-state index is 11.6. The first-order valence-corrected chi connectivity index (χ1v) is 6.12. The SMILES string of the molecule is COC(C)C(=O)Nc1nc2ccc(C)cc2s1. The molecule has 1 aromatic heterocycles. The fraction of sp³-hybridized carbons (Fsp3) is 0.333. The first kappa shape index (κ1) is 12.0. The van der Waals surface area contributed by atoms with Gasteiger partial charge in [-0.1, -0.05) is 17.4 Å². The van der Waals surface area contributed by atoms with Gasteiger partial charge in [0.05, 0.1) is 10.2 Å². The Kier molecular flexibility index (Phi) is 3.40. The molecule has 0 saturated heterocycles. The Labute approximate surface area is 104 Å². The van der Waals surface area contributed by atoms with E-state index in [1.165, 1.54) is 24.0 Å². The molecule has 1 atom stereocenters. The lowest BCUT2D eigenvalue weighted by atomic mass is 10.2. The molecule has 0 radical (unpaired) electrons. The fourth-order valence-electron chi connectivity index (χ4n) is 1.40. The summed E-state index contributed by atoms with van der Waals surface area (Å²) in [6, 6.07) is 6.02. The molecule has 0 aliphatic rings. The molecule has 0 saturated carbocycles. The van der Waals surface area contributed by atoms with Crippen LogP contribution in [0.4, 0.5) is 5.13 Å². The second kappa shape index (κ2) is 4.81. The summed E-state index contributed by atoms with van der Waals surface area (Å²) in [5, 5.41) is 3.36. The van der Waals surface area contributed by atoms with Gasteiger partial charge in [-0.05, 0) is 31.5 Å². The molecule has 1 N–H and O–H groups in total. The van der Waals surface area contributed by atoms with Crippen molar-refractivity contribution in [2.75, 3.05) is 12.4 Å². The van der Waals surface area contributed by atoms with Crippen molar-refractivity contribution in [1.29, 1.82) is 0 Å². The normalized spacial score (nSPS) is 12.6. The van der Waals surface area contributed by atoms with Crippen molar-refractivity contribution >= 4 is 32.6 Å². The maximum Gasteiger partial charge on any atom is 0.254 e. The topological polar surface area (TPSA) is 51.2 Å². The number of hydrogen-bond donors (Lipinski definition) is 1. The van der Waals surface area contributed by atoms with Gasteiger partial charge in [0.15, 0.2) is 5.13 Å². The van der Waals surface area contributed by atoms with E-state index in [-0.39, 0.29) is 5.91 Å². The smallest absolute Gasteiger partial charge is 0.254 e. The Bertz CT molecular complexity index is 550. The van der Waals surface area contributed by atoms with Crippen LogP contribution in [0.5, 0.6) is 0 Å². The maximum atomic E-state index is 11.6. The van der Waals surface area contributed by atoms with Crippen LogP contribution in [-0.4, -0.2) is 24.1 Å². The van der Waals surface area contributed by atoms with E-state index in [1.807, 2.05) is 19.1 Å². The molecule has 2 rings (SSSR count). The molecule has 1 heterocycles. The summed E-state index contributed by atoms with van der Waals surface area (Å²) in [7, 11) is 1.51. The molecule has 0 bridgehead atoms. The number of carbonyl (C=O) groups is 1. The minimum atomic E-state index is -0.469. The van der Waals surface area contributed by atoms with Crippen molar-refractivity contribution in [2.45, 2.75) is 20.0 Å². The van der Waals surface area contributed by atoms with Crippen LogP contribution in [-0.2, 0) is 9.53 Å². The largest absolute Gasteiger partial charge is 0.372 e. The summed E-state index contributed by atoms with van der Waals surface area (Å²) in [5.74, 6) is -0.178. The van der Waals surface area contributed by atoms with Crippen LogP contribution in [0, 0.1) is 6.92 Å². The molecule has 4 nitrogen and oxygen atoms in total. The van der Waals surface area contributed by atoms with E-state index in [2.05, 4.69) is 16.4 Å². The van der Waals surface area contributed by atoms with Crippen molar-refractivity contribution in [3.63, 3.8) is 0 Å². The van der Waals surface area contributed by atoms with Crippen LogP contribution in [0.1, 0.15) is 12.5 Å². The monoisotopic (exact) mass is 250 g/mol. The molecular weight excluding hydrogens is 236 g/mol. The van der Waals surface area contributed by atoms with E-state index in [4.69, 9.17) is 4.74 Å². The van der Waals surface area contributed by atoms with Crippen molar-refractivity contribution in [3.05, 3.63) is 23.8 Å². The molecule has 0 spiro atoms. The second-order valence-corrected chi connectivity index (χ2v) is 4.89. The van der Waals surface area contributed by atoms with E-state index < -0.39 is 6.10 Å². The molecule has 90 valence electrons. The lowest BCUT2D eigenvalue weighted by Gasteiger charge is -2.07. The number of amides is 1. The standard InChI is InChI=1S/C12H14N2O2S/c1-7-4-5-9-10(6-7)17-12(13-9)14-11(15)8(2)16-3/h4-6,8H,1-3H3,(H,13,14,15). The van der Waals surface area contributed by atoms with Crippen LogP contribution in [0.2, 0.25) is 0 Å². The molecule has 0 aliphatic carbocycles. The first-order chi connectivity index (χ1) is 8.10. The highest BCUT2D eigenvalue weighted by Gasteiger charge is 2.13. The fourth-order valence-corrected chi connectivity index (χ4v) is 2.37. The number of carbonyl (C=O) groups excluding carboxylic acids is 1. The van der Waals surface area contributed by atoms with E-state index in [9.17, 15) is 4.79 Å². The third kappa shape index (κ3) is 2.62. The molecule has 2 aromatic rings. The molecular formula is C12H14N2O2S.